The van der Waals surface area contributed by atoms with E-state index in [0.717, 1.165) is 11.1 Å². The van der Waals surface area contributed by atoms with Gasteiger partial charge in [-0.25, -0.2) is 0 Å². The van der Waals surface area contributed by atoms with Crippen molar-refractivity contribution >= 4 is 5.91 Å². The average molecular weight is 300 g/mol. The Labute approximate surface area is 130 Å². The van der Waals surface area contributed by atoms with Crippen molar-refractivity contribution in [2.45, 2.75) is 13.0 Å². The van der Waals surface area contributed by atoms with E-state index in [1.165, 1.54) is 0 Å². The Balaban J connectivity index is 2.00. The molecule has 5 nitrogen and oxygen atoms in total. The van der Waals surface area contributed by atoms with Crippen molar-refractivity contribution in [1.29, 1.82) is 0 Å². The second-order valence-corrected chi connectivity index (χ2v) is 4.94. The molecule has 2 N–H and O–H groups in total. The molecule has 1 heterocycles. The molecule has 2 rings (SSSR count). The highest BCUT2D eigenvalue weighted by atomic mass is 16.5. The number of aliphatic hydroxyl groups excluding tert-OH is 1. The molecule has 2 aromatic rings. The van der Waals surface area contributed by atoms with Gasteiger partial charge in [0.25, 0.3) is 5.91 Å². The summed E-state index contributed by atoms with van der Waals surface area (Å²) in [5, 5.41) is 11.8. The minimum absolute atomic E-state index is 0.0549. The first-order chi connectivity index (χ1) is 10.7. The number of aryl methyl sites for hydroxylation is 1. The zero-order valence-corrected chi connectivity index (χ0v) is 12.5. The number of nitrogens with zero attached hydrogens (tertiary/aromatic N) is 1. The highest BCUT2D eigenvalue weighted by Gasteiger charge is 2.14. The van der Waals surface area contributed by atoms with Crippen molar-refractivity contribution in [1.82, 2.24) is 10.3 Å². The minimum Gasteiger partial charge on any atom is -0.394 e. The van der Waals surface area contributed by atoms with Crippen LogP contribution >= 0.6 is 0 Å². The topological polar surface area (TPSA) is 71.5 Å². The van der Waals surface area contributed by atoms with Crippen molar-refractivity contribution in [3.8, 4) is 0 Å². The van der Waals surface area contributed by atoms with Crippen molar-refractivity contribution < 1.29 is 14.6 Å². The third kappa shape index (κ3) is 4.65. The molecule has 0 spiro atoms. The highest BCUT2D eigenvalue weighted by Crippen LogP contribution is 2.17. The summed E-state index contributed by atoms with van der Waals surface area (Å²) in [5.41, 5.74) is 2.68. The maximum Gasteiger partial charge on any atom is 0.251 e. The van der Waals surface area contributed by atoms with Gasteiger partial charge in [-0.2, -0.15) is 0 Å². The van der Waals surface area contributed by atoms with Gasteiger partial charge in [-0.05, 0) is 24.6 Å². The summed E-state index contributed by atoms with van der Waals surface area (Å²) in [6.45, 7) is 2.52. The van der Waals surface area contributed by atoms with Gasteiger partial charge in [0.15, 0.2) is 0 Å². The van der Waals surface area contributed by atoms with Crippen LogP contribution < -0.4 is 5.32 Å². The number of benzene rings is 1. The second kappa shape index (κ2) is 8.26. The SMILES string of the molecule is Cc1ccc(C(CNC(=O)c2ccncc2)OCCO)cc1. The molecule has 0 aliphatic carbocycles. The number of ether oxygens (including phenoxy) is 1. The molecule has 1 aromatic carbocycles. The van der Waals surface area contributed by atoms with E-state index >= 15 is 0 Å². The Morgan fingerprint density at radius 2 is 1.91 bits per heavy atom. The van der Waals surface area contributed by atoms with E-state index in [-0.39, 0.29) is 25.2 Å². The number of pyridine rings is 1. The molecule has 1 aromatic heterocycles. The molecule has 0 aliphatic rings. The van der Waals surface area contributed by atoms with Crippen LogP contribution in [-0.2, 0) is 4.74 Å². The maximum atomic E-state index is 12.1. The number of nitrogens with one attached hydrogen (secondary N) is 1. The van der Waals surface area contributed by atoms with E-state index in [1.54, 1.807) is 24.5 Å². The first kappa shape index (κ1) is 16.1. The molecule has 0 bridgehead atoms. The molecule has 0 fully saturated rings. The number of rotatable bonds is 7. The standard InChI is InChI=1S/C17H20N2O3/c1-13-2-4-14(5-3-13)16(22-11-10-20)12-19-17(21)15-6-8-18-9-7-15/h2-9,16,20H,10-12H2,1H3,(H,19,21). The van der Waals surface area contributed by atoms with Gasteiger partial charge in [0, 0.05) is 24.5 Å². The van der Waals surface area contributed by atoms with Crippen LogP contribution in [0.4, 0.5) is 0 Å². The summed E-state index contributed by atoms with van der Waals surface area (Å²) >= 11 is 0. The fourth-order valence-electron chi connectivity index (χ4n) is 2.04. The molecule has 1 amide bonds. The fourth-order valence-corrected chi connectivity index (χ4v) is 2.04. The largest absolute Gasteiger partial charge is 0.394 e. The minimum atomic E-state index is -0.293. The summed E-state index contributed by atoms with van der Waals surface area (Å²) in [5.74, 6) is -0.174. The van der Waals surface area contributed by atoms with Gasteiger partial charge in [-0.3, -0.25) is 9.78 Å². The molecule has 22 heavy (non-hydrogen) atoms. The van der Waals surface area contributed by atoms with E-state index in [0.29, 0.717) is 12.1 Å². The first-order valence-electron chi connectivity index (χ1n) is 7.18. The predicted molar refractivity (Wildman–Crippen MR) is 83.5 cm³/mol. The van der Waals surface area contributed by atoms with Gasteiger partial charge >= 0.3 is 0 Å². The third-order valence-electron chi connectivity index (χ3n) is 3.25. The lowest BCUT2D eigenvalue weighted by Gasteiger charge is -2.19. The van der Waals surface area contributed by atoms with Gasteiger partial charge in [-0.1, -0.05) is 29.8 Å². The van der Waals surface area contributed by atoms with Crippen molar-refractivity contribution in [2.24, 2.45) is 0 Å². The van der Waals surface area contributed by atoms with Crippen molar-refractivity contribution in [2.75, 3.05) is 19.8 Å². The summed E-state index contributed by atoms with van der Waals surface area (Å²) in [7, 11) is 0. The Kier molecular flexibility index (Phi) is 6.06. The number of carbonyl (C=O) groups is 1. The van der Waals surface area contributed by atoms with Gasteiger partial charge < -0.3 is 15.2 Å². The van der Waals surface area contributed by atoms with Crippen LogP contribution in [0.2, 0.25) is 0 Å². The number of hydrogen-bond acceptors (Lipinski definition) is 4. The summed E-state index contributed by atoms with van der Waals surface area (Å²) in [6, 6.07) is 11.2. The van der Waals surface area contributed by atoms with E-state index in [9.17, 15) is 4.79 Å². The average Bonchev–Trinajstić information content (AvgIpc) is 2.56. The van der Waals surface area contributed by atoms with E-state index in [2.05, 4.69) is 10.3 Å². The lowest BCUT2D eigenvalue weighted by atomic mass is 10.1. The number of hydrogen-bond donors (Lipinski definition) is 2. The van der Waals surface area contributed by atoms with Crippen LogP contribution in [0, 0.1) is 6.92 Å². The van der Waals surface area contributed by atoms with Crippen molar-refractivity contribution in [3.63, 3.8) is 0 Å². The summed E-state index contributed by atoms with van der Waals surface area (Å²) < 4.78 is 5.63. The van der Waals surface area contributed by atoms with E-state index < -0.39 is 0 Å². The summed E-state index contributed by atoms with van der Waals surface area (Å²) in [4.78, 5) is 16.0. The quantitative estimate of drug-likeness (QED) is 0.819. The Morgan fingerprint density at radius 3 is 2.55 bits per heavy atom. The lowest BCUT2D eigenvalue weighted by molar-refractivity contribution is 0.0277. The zero-order valence-electron chi connectivity index (χ0n) is 12.5. The lowest BCUT2D eigenvalue weighted by Crippen LogP contribution is -2.30. The van der Waals surface area contributed by atoms with Crippen LogP contribution in [0.25, 0.3) is 0 Å². The van der Waals surface area contributed by atoms with Crippen molar-refractivity contribution in [3.05, 3.63) is 65.5 Å². The molecule has 0 saturated heterocycles. The highest BCUT2D eigenvalue weighted by molar-refractivity contribution is 5.93. The monoisotopic (exact) mass is 300 g/mol. The number of aliphatic hydroxyl groups is 1. The molecule has 1 unspecified atom stereocenters. The van der Waals surface area contributed by atoms with Crippen LogP contribution in [0.15, 0.2) is 48.8 Å². The first-order valence-corrected chi connectivity index (χ1v) is 7.18. The Bertz CT molecular complexity index is 585. The van der Waals surface area contributed by atoms with Gasteiger partial charge in [0.05, 0.1) is 19.3 Å². The normalized spacial score (nSPS) is 11.9. The number of aromatic nitrogens is 1. The number of carbonyl (C=O) groups excluding carboxylic acids is 1. The van der Waals surface area contributed by atoms with Crippen LogP contribution in [-0.4, -0.2) is 35.8 Å². The molecular formula is C17H20N2O3. The molecule has 0 radical (unpaired) electrons. The maximum absolute atomic E-state index is 12.1. The summed E-state index contributed by atoms with van der Waals surface area (Å²) in [6.07, 6.45) is 2.86. The molecule has 0 saturated carbocycles. The van der Waals surface area contributed by atoms with Gasteiger partial charge in [0.2, 0.25) is 0 Å². The Hall–Kier alpha value is -2.24. The fraction of sp³-hybridized carbons (Fsp3) is 0.294. The predicted octanol–water partition coefficient (Wildman–Crippen LogP) is 1.87. The zero-order chi connectivity index (χ0) is 15.8. The van der Waals surface area contributed by atoms with Crippen LogP contribution in [0.3, 0.4) is 0 Å². The smallest absolute Gasteiger partial charge is 0.251 e. The van der Waals surface area contributed by atoms with Crippen LogP contribution in [0.5, 0.6) is 0 Å². The molecule has 1 atom stereocenters. The molecule has 116 valence electrons. The number of amides is 1. The van der Waals surface area contributed by atoms with Gasteiger partial charge in [0.1, 0.15) is 0 Å². The second-order valence-electron chi connectivity index (χ2n) is 4.94. The molecule has 5 heteroatoms. The third-order valence-corrected chi connectivity index (χ3v) is 3.25. The van der Waals surface area contributed by atoms with E-state index in [4.69, 9.17) is 9.84 Å². The van der Waals surface area contributed by atoms with Crippen LogP contribution in [0.1, 0.15) is 27.6 Å². The van der Waals surface area contributed by atoms with E-state index in [1.807, 2.05) is 31.2 Å². The molecular weight excluding hydrogens is 280 g/mol. The molecule has 0 aliphatic heterocycles. The van der Waals surface area contributed by atoms with Gasteiger partial charge in [-0.15, -0.1) is 0 Å². The Morgan fingerprint density at radius 1 is 1.23 bits per heavy atom.